The number of carbonyl (C=O) groups excluding carboxylic acids is 1. The minimum atomic E-state index is -0.497. The first kappa shape index (κ1) is 9.76. The average molecular weight is 207 g/mol. The SMILES string of the molecule is COC(=O)Nc1cccc(N2CCC2)n1. The molecule has 1 aromatic rings. The number of anilines is 2. The average Bonchev–Trinajstić information content (AvgIpc) is 2.15. The van der Waals surface area contributed by atoms with Crippen molar-refractivity contribution in [1.29, 1.82) is 0 Å². The second-order valence-electron chi connectivity index (χ2n) is 3.34. The van der Waals surface area contributed by atoms with Crippen molar-refractivity contribution >= 4 is 17.7 Å². The lowest BCUT2D eigenvalue weighted by Crippen LogP contribution is -2.37. The summed E-state index contributed by atoms with van der Waals surface area (Å²) in [7, 11) is 1.33. The molecule has 1 N–H and O–H groups in total. The molecule has 0 aliphatic carbocycles. The summed E-state index contributed by atoms with van der Waals surface area (Å²) < 4.78 is 4.49. The van der Waals surface area contributed by atoms with Gasteiger partial charge in [0.1, 0.15) is 11.6 Å². The lowest BCUT2D eigenvalue weighted by molar-refractivity contribution is 0.187. The summed E-state index contributed by atoms with van der Waals surface area (Å²) in [5, 5.41) is 2.54. The molecular formula is C10H13N3O2. The fourth-order valence-corrected chi connectivity index (χ4v) is 1.37. The molecule has 1 aliphatic rings. The maximum Gasteiger partial charge on any atom is 0.412 e. The quantitative estimate of drug-likeness (QED) is 0.797. The standard InChI is InChI=1S/C10H13N3O2/c1-15-10(14)12-8-4-2-5-9(11-8)13-6-3-7-13/h2,4-5H,3,6-7H2,1H3,(H,11,12,14). The van der Waals surface area contributed by atoms with Crippen LogP contribution in [0.1, 0.15) is 6.42 Å². The Morgan fingerprint density at radius 2 is 2.33 bits per heavy atom. The molecule has 0 atom stereocenters. The Bertz CT molecular complexity index is 363. The molecule has 0 unspecified atom stereocenters. The van der Waals surface area contributed by atoms with Crippen molar-refractivity contribution in [1.82, 2.24) is 4.98 Å². The molecule has 15 heavy (non-hydrogen) atoms. The van der Waals surface area contributed by atoms with Gasteiger partial charge < -0.3 is 9.64 Å². The summed E-state index contributed by atoms with van der Waals surface area (Å²) in [6, 6.07) is 5.54. The zero-order valence-corrected chi connectivity index (χ0v) is 8.56. The molecule has 80 valence electrons. The predicted octanol–water partition coefficient (Wildman–Crippen LogP) is 1.47. The molecule has 2 heterocycles. The highest BCUT2D eigenvalue weighted by Gasteiger charge is 2.15. The summed E-state index contributed by atoms with van der Waals surface area (Å²) in [5.74, 6) is 1.42. The number of aromatic nitrogens is 1. The first-order valence-electron chi connectivity index (χ1n) is 4.86. The number of amides is 1. The number of methoxy groups -OCH3 is 1. The Labute approximate surface area is 88.1 Å². The molecule has 1 aromatic heterocycles. The number of nitrogens with one attached hydrogen (secondary N) is 1. The summed E-state index contributed by atoms with van der Waals surface area (Å²) in [6.07, 6.45) is 0.708. The highest BCUT2D eigenvalue weighted by atomic mass is 16.5. The zero-order valence-electron chi connectivity index (χ0n) is 8.56. The van der Waals surface area contributed by atoms with Crippen LogP contribution in [0.2, 0.25) is 0 Å². The number of pyridine rings is 1. The van der Waals surface area contributed by atoms with Gasteiger partial charge in [0, 0.05) is 13.1 Å². The maximum atomic E-state index is 11.0. The van der Waals surface area contributed by atoms with E-state index in [1.54, 1.807) is 6.07 Å². The molecular weight excluding hydrogens is 194 g/mol. The van der Waals surface area contributed by atoms with E-state index in [-0.39, 0.29) is 0 Å². The third-order valence-corrected chi connectivity index (χ3v) is 2.33. The number of carbonyl (C=O) groups is 1. The van der Waals surface area contributed by atoms with Crippen molar-refractivity contribution in [3.63, 3.8) is 0 Å². The fourth-order valence-electron chi connectivity index (χ4n) is 1.37. The van der Waals surface area contributed by atoms with Gasteiger partial charge in [-0.15, -0.1) is 0 Å². The van der Waals surface area contributed by atoms with Crippen LogP contribution >= 0.6 is 0 Å². The second-order valence-corrected chi connectivity index (χ2v) is 3.34. The number of ether oxygens (including phenoxy) is 1. The topological polar surface area (TPSA) is 54.5 Å². The predicted molar refractivity (Wildman–Crippen MR) is 57.1 cm³/mol. The van der Waals surface area contributed by atoms with Gasteiger partial charge >= 0.3 is 6.09 Å². The van der Waals surface area contributed by atoms with Gasteiger partial charge in [-0.05, 0) is 18.6 Å². The van der Waals surface area contributed by atoms with Gasteiger partial charge in [-0.1, -0.05) is 6.07 Å². The lowest BCUT2D eigenvalue weighted by Gasteiger charge is -2.32. The highest BCUT2D eigenvalue weighted by Crippen LogP contribution is 2.19. The van der Waals surface area contributed by atoms with E-state index in [0.717, 1.165) is 18.9 Å². The fraction of sp³-hybridized carbons (Fsp3) is 0.400. The van der Waals surface area contributed by atoms with Crippen molar-refractivity contribution < 1.29 is 9.53 Å². The van der Waals surface area contributed by atoms with Crippen molar-refractivity contribution in [2.45, 2.75) is 6.42 Å². The van der Waals surface area contributed by atoms with E-state index in [9.17, 15) is 4.79 Å². The third-order valence-electron chi connectivity index (χ3n) is 2.33. The lowest BCUT2D eigenvalue weighted by atomic mass is 10.2. The van der Waals surface area contributed by atoms with Gasteiger partial charge in [0.05, 0.1) is 7.11 Å². The largest absolute Gasteiger partial charge is 0.453 e. The molecule has 0 bridgehead atoms. The Kier molecular flexibility index (Phi) is 2.71. The Morgan fingerprint density at radius 3 is 2.93 bits per heavy atom. The van der Waals surface area contributed by atoms with E-state index in [1.807, 2.05) is 12.1 Å². The number of hydrogen-bond donors (Lipinski definition) is 1. The van der Waals surface area contributed by atoms with Crippen LogP contribution in [0, 0.1) is 0 Å². The van der Waals surface area contributed by atoms with E-state index in [4.69, 9.17) is 0 Å². The Hall–Kier alpha value is -1.78. The minimum absolute atomic E-state index is 0.497. The minimum Gasteiger partial charge on any atom is -0.453 e. The van der Waals surface area contributed by atoms with Crippen LogP contribution < -0.4 is 10.2 Å². The molecule has 0 aromatic carbocycles. The van der Waals surface area contributed by atoms with Crippen LogP contribution in [0.4, 0.5) is 16.4 Å². The summed E-state index contributed by atoms with van der Waals surface area (Å²) >= 11 is 0. The Balaban J connectivity index is 2.08. The second kappa shape index (κ2) is 4.16. The van der Waals surface area contributed by atoms with Crippen molar-refractivity contribution in [3.8, 4) is 0 Å². The number of rotatable bonds is 2. The Morgan fingerprint density at radius 1 is 1.53 bits per heavy atom. The molecule has 0 spiro atoms. The normalized spacial score (nSPS) is 14.3. The molecule has 2 rings (SSSR count). The van der Waals surface area contributed by atoms with Gasteiger partial charge in [-0.25, -0.2) is 9.78 Å². The summed E-state index contributed by atoms with van der Waals surface area (Å²) in [6.45, 7) is 2.07. The molecule has 5 nitrogen and oxygen atoms in total. The molecule has 0 radical (unpaired) electrons. The van der Waals surface area contributed by atoms with Crippen LogP contribution in [0.5, 0.6) is 0 Å². The smallest absolute Gasteiger partial charge is 0.412 e. The van der Waals surface area contributed by atoms with Crippen LogP contribution in [0.25, 0.3) is 0 Å². The summed E-state index contributed by atoms with van der Waals surface area (Å²) in [4.78, 5) is 17.4. The van der Waals surface area contributed by atoms with Crippen LogP contribution in [0.15, 0.2) is 18.2 Å². The third kappa shape index (κ3) is 2.18. The summed E-state index contributed by atoms with van der Waals surface area (Å²) in [5.41, 5.74) is 0. The van der Waals surface area contributed by atoms with Crippen LogP contribution in [-0.4, -0.2) is 31.3 Å². The first-order chi connectivity index (χ1) is 7.29. The monoisotopic (exact) mass is 207 g/mol. The molecule has 1 amide bonds. The van der Waals surface area contributed by atoms with Gasteiger partial charge in [-0.2, -0.15) is 0 Å². The number of hydrogen-bond acceptors (Lipinski definition) is 4. The highest BCUT2D eigenvalue weighted by molar-refractivity contribution is 5.83. The zero-order chi connectivity index (χ0) is 10.7. The molecule has 1 fully saturated rings. The van der Waals surface area contributed by atoms with Gasteiger partial charge in [0.15, 0.2) is 0 Å². The van der Waals surface area contributed by atoms with Crippen molar-refractivity contribution in [2.75, 3.05) is 30.4 Å². The van der Waals surface area contributed by atoms with E-state index in [2.05, 4.69) is 19.9 Å². The van der Waals surface area contributed by atoms with Crippen molar-refractivity contribution in [2.24, 2.45) is 0 Å². The molecule has 5 heteroatoms. The van der Waals surface area contributed by atoms with Gasteiger partial charge in [0.2, 0.25) is 0 Å². The van der Waals surface area contributed by atoms with E-state index in [0.29, 0.717) is 5.82 Å². The van der Waals surface area contributed by atoms with Crippen LogP contribution in [0.3, 0.4) is 0 Å². The van der Waals surface area contributed by atoms with E-state index in [1.165, 1.54) is 13.5 Å². The first-order valence-corrected chi connectivity index (χ1v) is 4.86. The maximum absolute atomic E-state index is 11.0. The van der Waals surface area contributed by atoms with Crippen molar-refractivity contribution in [3.05, 3.63) is 18.2 Å². The van der Waals surface area contributed by atoms with Crippen LogP contribution in [-0.2, 0) is 4.74 Å². The molecule has 0 saturated carbocycles. The number of nitrogens with zero attached hydrogens (tertiary/aromatic N) is 2. The molecule has 1 aliphatic heterocycles. The van der Waals surface area contributed by atoms with E-state index >= 15 is 0 Å². The van der Waals surface area contributed by atoms with Gasteiger partial charge in [0.25, 0.3) is 0 Å². The van der Waals surface area contributed by atoms with Gasteiger partial charge in [-0.3, -0.25) is 5.32 Å². The van der Waals surface area contributed by atoms with E-state index < -0.39 is 6.09 Å². The molecule has 1 saturated heterocycles.